The molecule has 0 spiro atoms. The molecule has 1 atom stereocenters. The number of ether oxygens (including phenoxy) is 1. The highest BCUT2D eigenvalue weighted by Gasteiger charge is 2.53. The highest BCUT2D eigenvalue weighted by molar-refractivity contribution is 6.47. The first kappa shape index (κ1) is 18.2. The van der Waals surface area contributed by atoms with Gasteiger partial charge < -0.3 is 14.0 Å². The van der Waals surface area contributed by atoms with Crippen LogP contribution in [0, 0.1) is 0 Å². The molecule has 0 bridgehead atoms. The summed E-state index contributed by atoms with van der Waals surface area (Å²) in [5.41, 5.74) is -0.622. The van der Waals surface area contributed by atoms with Gasteiger partial charge in [0, 0.05) is 6.08 Å². The van der Waals surface area contributed by atoms with Gasteiger partial charge in [-0.3, -0.25) is 0 Å². The summed E-state index contributed by atoms with van der Waals surface area (Å²) in [5, 5.41) is 0. The van der Waals surface area contributed by atoms with Crippen LogP contribution in [0.25, 0.3) is 0 Å². The van der Waals surface area contributed by atoms with E-state index in [1.165, 1.54) is 6.08 Å². The maximum atomic E-state index is 11.3. The molecule has 120 valence electrons. The lowest BCUT2D eigenvalue weighted by molar-refractivity contribution is -0.137. The Balaban J connectivity index is 2.64. The zero-order valence-corrected chi connectivity index (χ0v) is 14.3. The first-order chi connectivity index (χ1) is 9.73. The number of allylic oxidation sites excluding steroid dienone is 1. The zero-order chi connectivity index (χ0) is 16.1. The first-order valence-electron chi connectivity index (χ1n) is 7.92. The molecule has 5 heteroatoms. The van der Waals surface area contributed by atoms with Gasteiger partial charge in [-0.15, -0.1) is 0 Å². The van der Waals surface area contributed by atoms with Gasteiger partial charge >= 0.3 is 13.1 Å². The Morgan fingerprint density at radius 2 is 1.76 bits per heavy atom. The van der Waals surface area contributed by atoms with E-state index in [0.29, 0.717) is 6.61 Å². The van der Waals surface area contributed by atoms with E-state index in [1.807, 2.05) is 6.08 Å². The second-order valence-corrected chi connectivity index (χ2v) is 6.56. The van der Waals surface area contributed by atoms with Crippen molar-refractivity contribution in [3.63, 3.8) is 0 Å². The molecule has 1 saturated heterocycles. The van der Waals surface area contributed by atoms with Crippen LogP contribution in [0.4, 0.5) is 0 Å². The number of carbonyl (C=O) groups is 1. The minimum atomic E-state index is -0.311. The third kappa shape index (κ3) is 4.85. The van der Waals surface area contributed by atoms with Gasteiger partial charge in [-0.05, 0) is 46.9 Å². The Kier molecular flexibility index (Phi) is 6.48. The number of carbonyl (C=O) groups excluding carboxylic acids is 1. The molecule has 1 rings (SSSR count). The molecule has 0 aliphatic carbocycles. The molecule has 21 heavy (non-hydrogen) atoms. The van der Waals surface area contributed by atoms with E-state index < -0.39 is 0 Å². The second kappa shape index (κ2) is 7.46. The molecule has 0 aromatic carbocycles. The van der Waals surface area contributed by atoms with Crippen molar-refractivity contribution in [3.8, 4) is 0 Å². The maximum Gasteiger partial charge on any atom is 0.461 e. The Hall–Kier alpha value is -0.805. The minimum absolute atomic E-state index is 0.221. The molecular weight excluding hydrogens is 267 g/mol. The van der Waals surface area contributed by atoms with Gasteiger partial charge in [-0.25, -0.2) is 4.79 Å². The van der Waals surface area contributed by atoms with Crippen molar-refractivity contribution in [1.29, 1.82) is 0 Å². The van der Waals surface area contributed by atoms with Crippen LogP contribution in [-0.4, -0.2) is 30.9 Å². The molecule has 4 nitrogen and oxygen atoms in total. The predicted molar refractivity (Wildman–Crippen MR) is 85.1 cm³/mol. The fraction of sp³-hybridized carbons (Fsp3) is 0.812. The largest absolute Gasteiger partial charge is 0.463 e. The highest BCUT2D eigenvalue weighted by atomic mass is 16.7. The molecule has 1 unspecified atom stereocenters. The van der Waals surface area contributed by atoms with E-state index in [2.05, 4.69) is 34.6 Å². The molecule has 0 aromatic heterocycles. The Morgan fingerprint density at radius 1 is 1.19 bits per heavy atom. The zero-order valence-electron chi connectivity index (χ0n) is 14.3. The molecule has 0 amide bonds. The van der Waals surface area contributed by atoms with Crippen LogP contribution in [0.15, 0.2) is 12.2 Å². The molecule has 1 aliphatic rings. The fourth-order valence-corrected chi connectivity index (χ4v) is 2.35. The minimum Gasteiger partial charge on any atom is -0.463 e. The Labute approximate surface area is 129 Å². The van der Waals surface area contributed by atoms with Crippen molar-refractivity contribution in [2.45, 2.75) is 77.8 Å². The molecule has 0 radical (unpaired) electrons. The average Bonchev–Trinajstić information content (AvgIpc) is 2.57. The van der Waals surface area contributed by atoms with Gasteiger partial charge in [0.15, 0.2) is 0 Å². The summed E-state index contributed by atoms with van der Waals surface area (Å²) in [6.45, 7) is 12.6. The van der Waals surface area contributed by atoms with Crippen molar-refractivity contribution in [1.82, 2.24) is 0 Å². The van der Waals surface area contributed by atoms with Gasteiger partial charge in [-0.1, -0.05) is 25.8 Å². The third-order valence-electron chi connectivity index (χ3n) is 4.30. The Bertz CT molecular complexity index is 360. The number of esters is 1. The summed E-state index contributed by atoms with van der Waals surface area (Å²) in [6, 6.07) is 0. The summed E-state index contributed by atoms with van der Waals surface area (Å²) >= 11 is 0. The molecule has 0 N–H and O–H groups in total. The summed E-state index contributed by atoms with van der Waals surface area (Å²) in [7, 11) is -0.221. The van der Waals surface area contributed by atoms with E-state index in [1.54, 1.807) is 6.92 Å². The van der Waals surface area contributed by atoms with Crippen molar-refractivity contribution in [3.05, 3.63) is 12.2 Å². The molecule has 0 saturated carbocycles. The summed E-state index contributed by atoms with van der Waals surface area (Å²) in [4.78, 5) is 11.3. The van der Waals surface area contributed by atoms with Crippen LogP contribution in [0.3, 0.4) is 0 Å². The SMILES string of the molecule is CCCC(C/C=C/C(=O)OCC)B1OC(C)(C)C(C)(C)O1. The van der Waals surface area contributed by atoms with Gasteiger partial charge in [0.05, 0.1) is 17.8 Å². The smallest absolute Gasteiger partial charge is 0.461 e. The number of rotatable bonds is 7. The lowest BCUT2D eigenvalue weighted by atomic mass is 9.67. The summed E-state index contributed by atoms with van der Waals surface area (Å²) in [5.74, 6) is -0.0385. The normalized spacial score (nSPS) is 21.7. The number of hydrogen-bond donors (Lipinski definition) is 0. The molecule has 1 aliphatic heterocycles. The van der Waals surface area contributed by atoms with E-state index in [9.17, 15) is 4.79 Å². The molecule has 0 aromatic rings. The van der Waals surface area contributed by atoms with Gasteiger partial charge in [0.25, 0.3) is 0 Å². The highest BCUT2D eigenvalue weighted by Crippen LogP contribution is 2.42. The second-order valence-electron chi connectivity index (χ2n) is 6.56. The van der Waals surface area contributed by atoms with Crippen LogP contribution in [0.5, 0.6) is 0 Å². The standard InChI is InChI=1S/C16H29BO4/c1-7-10-13(11-9-12-14(18)19-8-2)17-20-15(3,4)16(5,6)21-17/h9,12-13H,7-8,10-11H2,1-6H3/b12-9+. The van der Waals surface area contributed by atoms with Crippen LogP contribution >= 0.6 is 0 Å². The Morgan fingerprint density at radius 3 is 2.24 bits per heavy atom. The van der Waals surface area contributed by atoms with Gasteiger partial charge in [-0.2, -0.15) is 0 Å². The molecule has 1 heterocycles. The van der Waals surface area contributed by atoms with Gasteiger partial charge in [0.2, 0.25) is 0 Å². The maximum absolute atomic E-state index is 11.3. The van der Waals surface area contributed by atoms with Crippen LogP contribution in [-0.2, 0) is 18.8 Å². The lowest BCUT2D eigenvalue weighted by Gasteiger charge is -2.32. The van der Waals surface area contributed by atoms with Crippen molar-refractivity contribution >= 4 is 13.1 Å². The monoisotopic (exact) mass is 296 g/mol. The summed E-state index contributed by atoms with van der Waals surface area (Å²) in [6.07, 6.45) is 6.18. The van der Waals surface area contributed by atoms with E-state index in [0.717, 1.165) is 19.3 Å². The summed E-state index contributed by atoms with van der Waals surface area (Å²) < 4.78 is 17.1. The quantitative estimate of drug-likeness (QED) is 0.407. The van der Waals surface area contributed by atoms with Crippen molar-refractivity contribution in [2.24, 2.45) is 0 Å². The lowest BCUT2D eigenvalue weighted by Crippen LogP contribution is -2.41. The van der Waals surface area contributed by atoms with E-state index in [-0.39, 0.29) is 30.1 Å². The van der Waals surface area contributed by atoms with Gasteiger partial charge in [0.1, 0.15) is 0 Å². The predicted octanol–water partition coefficient (Wildman–Crippen LogP) is 3.76. The van der Waals surface area contributed by atoms with E-state index >= 15 is 0 Å². The van der Waals surface area contributed by atoms with Crippen molar-refractivity contribution < 1.29 is 18.8 Å². The third-order valence-corrected chi connectivity index (χ3v) is 4.30. The number of hydrogen-bond acceptors (Lipinski definition) is 4. The molecule has 1 fully saturated rings. The van der Waals surface area contributed by atoms with Crippen molar-refractivity contribution in [2.75, 3.05) is 6.61 Å². The van der Waals surface area contributed by atoms with Crippen LogP contribution < -0.4 is 0 Å². The van der Waals surface area contributed by atoms with Crippen LogP contribution in [0.2, 0.25) is 5.82 Å². The average molecular weight is 296 g/mol. The van der Waals surface area contributed by atoms with Crippen LogP contribution in [0.1, 0.15) is 60.8 Å². The molecular formula is C16H29BO4. The first-order valence-corrected chi connectivity index (χ1v) is 7.92. The van der Waals surface area contributed by atoms with E-state index in [4.69, 9.17) is 14.0 Å². The fourth-order valence-electron chi connectivity index (χ4n) is 2.35. The topological polar surface area (TPSA) is 44.8 Å².